The molecule has 130 valence electrons. The SMILES string of the molecule is CCS(=O)(=O)/C(C)=C1\CC23CCCCC2=CN2C=CCCC2=C3O1. The molecule has 4 nitrogen and oxygen atoms in total. The predicted molar refractivity (Wildman–Crippen MR) is 94.1 cm³/mol. The summed E-state index contributed by atoms with van der Waals surface area (Å²) in [5, 5.41) is 0. The van der Waals surface area contributed by atoms with Gasteiger partial charge in [-0.3, -0.25) is 0 Å². The smallest absolute Gasteiger partial charge is 0.177 e. The summed E-state index contributed by atoms with van der Waals surface area (Å²) in [5.74, 6) is 1.83. The van der Waals surface area contributed by atoms with Crippen LogP contribution in [0.5, 0.6) is 0 Å². The number of sulfone groups is 1. The van der Waals surface area contributed by atoms with E-state index in [9.17, 15) is 8.42 Å². The van der Waals surface area contributed by atoms with Crippen LogP contribution < -0.4 is 0 Å². The normalized spacial score (nSPS) is 31.1. The molecule has 1 spiro atoms. The van der Waals surface area contributed by atoms with Gasteiger partial charge in [-0.15, -0.1) is 0 Å². The lowest BCUT2D eigenvalue weighted by Crippen LogP contribution is -2.34. The second-order valence-electron chi connectivity index (χ2n) is 7.21. The molecule has 24 heavy (non-hydrogen) atoms. The van der Waals surface area contributed by atoms with Crippen molar-refractivity contribution >= 4 is 9.84 Å². The van der Waals surface area contributed by atoms with Gasteiger partial charge in [0.1, 0.15) is 11.5 Å². The van der Waals surface area contributed by atoms with E-state index >= 15 is 0 Å². The molecule has 0 aromatic rings. The van der Waals surface area contributed by atoms with Crippen LogP contribution >= 0.6 is 0 Å². The Balaban J connectivity index is 1.87. The third-order valence-corrected chi connectivity index (χ3v) is 7.88. The minimum atomic E-state index is -3.21. The molecule has 1 unspecified atom stereocenters. The average Bonchev–Trinajstić information content (AvgIpc) is 2.98. The maximum atomic E-state index is 12.3. The van der Waals surface area contributed by atoms with E-state index in [0.717, 1.165) is 31.4 Å². The van der Waals surface area contributed by atoms with Crippen molar-refractivity contribution in [3.8, 4) is 0 Å². The molecule has 0 aromatic heterocycles. The van der Waals surface area contributed by atoms with Crippen molar-refractivity contribution in [1.82, 2.24) is 4.90 Å². The molecule has 0 radical (unpaired) electrons. The quantitative estimate of drug-likeness (QED) is 0.745. The van der Waals surface area contributed by atoms with E-state index in [-0.39, 0.29) is 11.2 Å². The summed E-state index contributed by atoms with van der Waals surface area (Å²) < 4.78 is 31.0. The molecule has 1 saturated carbocycles. The van der Waals surface area contributed by atoms with Gasteiger partial charge in [-0.05, 0) is 44.6 Å². The molecule has 0 bridgehead atoms. The summed E-state index contributed by atoms with van der Waals surface area (Å²) >= 11 is 0. The van der Waals surface area contributed by atoms with E-state index in [2.05, 4.69) is 23.4 Å². The van der Waals surface area contributed by atoms with E-state index in [1.807, 2.05) is 0 Å². The number of hydrogen-bond acceptors (Lipinski definition) is 4. The van der Waals surface area contributed by atoms with Gasteiger partial charge < -0.3 is 9.64 Å². The summed E-state index contributed by atoms with van der Waals surface area (Å²) in [6, 6.07) is 0. The number of nitrogens with zero attached hydrogens (tertiary/aromatic N) is 1. The lowest BCUT2D eigenvalue weighted by Gasteiger charge is -2.42. The highest BCUT2D eigenvalue weighted by Gasteiger charge is 2.52. The van der Waals surface area contributed by atoms with Gasteiger partial charge in [-0.2, -0.15) is 0 Å². The van der Waals surface area contributed by atoms with Gasteiger partial charge in [0.2, 0.25) is 0 Å². The molecule has 3 heterocycles. The third kappa shape index (κ3) is 2.20. The lowest BCUT2D eigenvalue weighted by molar-refractivity contribution is 0.235. The highest BCUT2D eigenvalue weighted by atomic mass is 32.2. The molecule has 1 saturated heterocycles. The monoisotopic (exact) mass is 347 g/mol. The first-order valence-corrected chi connectivity index (χ1v) is 10.6. The standard InChI is InChI=1S/C19H25NO3S/c1-3-24(21,22)14(2)17-12-19-10-6-4-8-15(19)13-20-11-7-5-9-16(20)18(19)23-17/h7,11,13H,3-6,8-10,12H2,1-2H3/b17-14+. The van der Waals surface area contributed by atoms with Crippen molar-refractivity contribution in [3.05, 3.63) is 46.2 Å². The van der Waals surface area contributed by atoms with Gasteiger partial charge >= 0.3 is 0 Å². The number of allylic oxidation sites excluding steroid dienone is 5. The van der Waals surface area contributed by atoms with Crippen molar-refractivity contribution in [1.29, 1.82) is 0 Å². The van der Waals surface area contributed by atoms with E-state index < -0.39 is 9.84 Å². The molecule has 1 aliphatic carbocycles. The summed E-state index contributed by atoms with van der Waals surface area (Å²) in [7, 11) is -3.21. The van der Waals surface area contributed by atoms with Gasteiger partial charge in [0, 0.05) is 18.8 Å². The van der Waals surface area contributed by atoms with Gasteiger partial charge in [0.25, 0.3) is 0 Å². The Bertz CT molecular complexity index is 800. The second-order valence-corrected chi connectivity index (χ2v) is 9.63. The zero-order valence-corrected chi connectivity index (χ0v) is 15.3. The van der Waals surface area contributed by atoms with Crippen molar-refractivity contribution in [2.24, 2.45) is 5.41 Å². The first kappa shape index (κ1) is 16.0. The molecule has 5 heteroatoms. The van der Waals surface area contributed by atoms with Crippen LogP contribution in [0.1, 0.15) is 58.8 Å². The number of rotatable bonds is 2. The minimum Gasteiger partial charge on any atom is -0.462 e. The van der Waals surface area contributed by atoms with E-state index in [4.69, 9.17) is 4.74 Å². The summed E-state index contributed by atoms with van der Waals surface area (Å²) in [6.07, 6.45) is 13.8. The van der Waals surface area contributed by atoms with E-state index in [1.54, 1.807) is 13.8 Å². The maximum absolute atomic E-state index is 12.3. The van der Waals surface area contributed by atoms with Crippen LogP contribution in [0.3, 0.4) is 0 Å². The number of ether oxygens (including phenoxy) is 1. The van der Waals surface area contributed by atoms with Gasteiger partial charge in [0.05, 0.1) is 21.8 Å². The molecular formula is C19H25NO3S. The molecule has 3 aliphatic heterocycles. The van der Waals surface area contributed by atoms with Crippen LogP contribution in [0, 0.1) is 5.41 Å². The molecule has 2 fully saturated rings. The first-order valence-electron chi connectivity index (χ1n) is 8.98. The number of fused-ring (bicyclic) bond motifs is 1. The summed E-state index contributed by atoms with van der Waals surface area (Å²) in [4.78, 5) is 2.62. The summed E-state index contributed by atoms with van der Waals surface area (Å²) in [6.45, 7) is 3.40. The Kier molecular flexibility index (Phi) is 3.68. The fourth-order valence-electron chi connectivity index (χ4n) is 4.47. The lowest BCUT2D eigenvalue weighted by atomic mass is 9.66. The average molecular weight is 347 g/mol. The molecular weight excluding hydrogens is 322 g/mol. The second kappa shape index (κ2) is 5.51. The maximum Gasteiger partial charge on any atom is 0.177 e. The zero-order valence-electron chi connectivity index (χ0n) is 14.5. The van der Waals surface area contributed by atoms with Crippen LogP contribution in [0.15, 0.2) is 46.2 Å². The topological polar surface area (TPSA) is 46.6 Å². The fraction of sp³-hybridized carbons (Fsp3) is 0.579. The van der Waals surface area contributed by atoms with E-state index in [1.165, 1.54) is 24.1 Å². The Hall–Kier alpha value is -1.49. The molecule has 1 atom stereocenters. The van der Waals surface area contributed by atoms with Crippen LogP contribution in [-0.4, -0.2) is 19.1 Å². The van der Waals surface area contributed by atoms with Crippen molar-refractivity contribution < 1.29 is 13.2 Å². The highest BCUT2D eigenvalue weighted by molar-refractivity contribution is 7.95. The molecule has 0 N–H and O–H groups in total. The van der Waals surface area contributed by atoms with E-state index in [0.29, 0.717) is 17.1 Å². The zero-order chi connectivity index (χ0) is 16.9. The van der Waals surface area contributed by atoms with Crippen LogP contribution in [0.2, 0.25) is 0 Å². The Morgan fingerprint density at radius 1 is 1.33 bits per heavy atom. The van der Waals surface area contributed by atoms with Gasteiger partial charge in [-0.25, -0.2) is 8.42 Å². The van der Waals surface area contributed by atoms with Gasteiger partial charge in [-0.1, -0.05) is 19.4 Å². The predicted octanol–water partition coefficient (Wildman–Crippen LogP) is 4.35. The number of hydrogen-bond donors (Lipinski definition) is 0. The molecule has 4 aliphatic rings. The van der Waals surface area contributed by atoms with Crippen molar-refractivity contribution in [3.63, 3.8) is 0 Å². The van der Waals surface area contributed by atoms with Crippen molar-refractivity contribution in [2.75, 3.05) is 5.75 Å². The molecule has 0 amide bonds. The highest BCUT2D eigenvalue weighted by Crippen LogP contribution is 2.60. The van der Waals surface area contributed by atoms with Gasteiger partial charge in [0.15, 0.2) is 9.84 Å². The largest absolute Gasteiger partial charge is 0.462 e. The summed E-state index contributed by atoms with van der Waals surface area (Å²) in [5.41, 5.74) is 2.55. The molecule has 0 aromatic carbocycles. The Morgan fingerprint density at radius 3 is 2.96 bits per heavy atom. The van der Waals surface area contributed by atoms with Crippen LogP contribution in [0.4, 0.5) is 0 Å². The fourth-order valence-corrected chi connectivity index (χ4v) is 5.36. The first-order chi connectivity index (χ1) is 11.5. The Labute approximate surface area is 144 Å². The minimum absolute atomic E-state index is 0.0882. The van der Waals surface area contributed by atoms with Crippen LogP contribution in [0.25, 0.3) is 0 Å². The Morgan fingerprint density at radius 2 is 2.17 bits per heavy atom. The third-order valence-electron chi connectivity index (χ3n) is 5.96. The molecule has 4 rings (SSSR count). The van der Waals surface area contributed by atoms with Crippen molar-refractivity contribution in [2.45, 2.75) is 58.8 Å². The van der Waals surface area contributed by atoms with Crippen LogP contribution in [-0.2, 0) is 14.6 Å².